The van der Waals surface area contributed by atoms with Crippen molar-refractivity contribution >= 4 is 16.6 Å². The molecule has 3 rings (SSSR count). The van der Waals surface area contributed by atoms with Gasteiger partial charge >= 0.3 is 0 Å². The smallest absolute Gasteiger partial charge is 0.159 e. The molecule has 0 fully saturated rings. The Hall–Kier alpha value is -2.48. The molecule has 1 aromatic heterocycles. The fraction of sp³-hybridized carbons (Fsp3) is 0.0588. The van der Waals surface area contributed by atoms with Crippen LogP contribution in [0.1, 0.15) is 17.3 Å². The first-order valence-corrected chi connectivity index (χ1v) is 6.20. The Kier molecular flexibility index (Phi) is 2.84. The van der Waals surface area contributed by atoms with E-state index in [2.05, 4.69) is 11.1 Å². The van der Waals surface area contributed by atoms with Gasteiger partial charge in [0.1, 0.15) is 0 Å². The highest BCUT2D eigenvalue weighted by molar-refractivity contribution is 5.99. The lowest BCUT2D eigenvalue weighted by molar-refractivity contribution is 0.101. The number of hydrogen-bond acceptors (Lipinski definition) is 2. The second-order valence-electron chi connectivity index (χ2n) is 4.54. The SMILES string of the molecule is CC(=O)c1cccc(-c2cccc3cnccc23)c1. The highest BCUT2D eigenvalue weighted by atomic mass is 16.1. The van der Waals surface area contributed by atoms with Gasteiger partial charge < -0.3 is 0 Å². The normalized spacial score (nSPS) is 10.6. The molecular weight excluding hydrogens is 234 g/mol. The molecule has 19 heavy (non-hydrogen) atoms. The van der Waals surface area contributed by atoms with E-state index >= 15 is 0 Å². The quantitative estimate of drug-likeness (QED) is 0.638. The minimum atomic E-state index is 0.0868. The number of carbonyl (C=O) groups is 1. The fourth-order valence-electron chi connectivity index (χ4n) is 2.28. The summed E-state index contributed by atoms with van der Waals surface area (Å²) < 4.78 is 0. The topological polar surface area (TPSA) is 30.0 Å². The number of aromatic nitrogens is 1. The van der Waals surface area contributed by atoms with Crippen LogP contribution >= 0.6 is 0 Å². The van der Waals surface area contributed by atoms with E-state index in [9.17, 15) is 4.79 Å². The van der Waals surface area contributed by atoms with Gasteiger partial charge in [0, 0.05) is 23.3 Å². The van der Waals surface area contributed by atoms with Gasteiger partial charge in [-0.2, -0.15) is 0 Å². The van der Waals surface area contributed by atoms with Crippen molar-refractivity contribution in [3.8, 4) is 11.1 Å². The summed E-state index contributed by atoms with van der Waals surface area (Å²) in [7, 11) is 0. The van der Waals surface area contributed by atoms with Gasteiger partial charge in [0.15, 0.2) is 5.78 Å². The van der Waals surface area contributed by atoms with Gasteiger partial charge in [-0.1, -0.05) is 36.4 Å². The maximum Gasteiger partial charge on any atom is 0.159 e. The molecule has 0 amide bonds. The first kappa shape index (κ1) is 11.6. The number of hydrogen-bond donors (Lipinski definition) is 0. The van der Waals surface area contributed by atoms with Crippen LogP contribution in [-0.4, -0.2) is 10.8 Å². The van der Waals surface area contributed by atoms with Crippen molar-refractivity contribution < 1.29 is 4.79 Å². The Bertz CT molecular complexity index is 757. The summed E-state index contributed by atoms with van der Waals surface area (Å²) in [6.07, 6.45) is 3.65. The average Bonchev–Trinajstić information content (AvgIpc) is 2.47. The molecule has 2 nitrogen and oxygen atoms in total. The van der Waals surface area contributed by atoms with Crippen molar-refractivity contribution in [2.24, 2.45) is 0 Å². The van der Waals surface area contributed by atoms with Crippen molar-refractivity contribution in [2.45, 2.75) is 6.92 Å². The maximum atomic E-state index is 11.5. The molecule has 92 valence electrons. The third kappa shape index (κ3) is 2.13. The maximum absolute atomic E-state index is 11.5. The Labute approximate surface area is 111 Å². The number of carbonyl (C=O) groups excluding carboxylic acids is 1. The molecule has 2 heteroatoms. The van der Waals surface area contributed by atoms with Crippen LogP contribution in [0.15, 0.2) is 60.9 Å². The van der Waals surface area contributed by atoms with Crippen molar-refractivity contribution in [3.63, 3.8) is 0 Å². The second kappa shape index (κ2) is 4.65. The van der Waals surface area contributed by atoms with E-state index in [0.29, 0.717) is 0 Å². The first-order chi connectivity index (χ1) is 9.25. The van der Waals surface area contributed by atoms with Crippen LogP contribution in [0.2, 0.25) is 0 Å². The Balaban J connectivity index is 2.24. The van der Waals surface area contributed by atoms with Gasteiger partial charge in [-0.15, -0.1) is 0 Å². The zero-order valence-electron chi connectivity index (χ0n) is 10.6. The monoisotopic (exact) mass is 247 g/mol. The lowest BCUT2D eigenvalue weighted by Gasteiger charge is -2.07. The number of benzene rings is 2. The molecule has 0 radical (unpaired) electrons. The van der Waals surface area contributed by atoms with Gasteiger partial charge in [-0.25, -0.2) is 0 Å². The Morgan fingerprint density at radius 2 is 1.89 bits per heavy atom. The van der Waals surface area contributed by atoms with Crippen molar-refractivity contribution in [2.75, 3.05) is 0 Å². The molecule has 2 aromatic carbocycles. The van der Waals surface area contributed by atoms with Gasteiger partial charge in [-0.3, -0.25) is 9.78 Å². The van der Waals surface area contributed by atoms with Crippen molar-refractivity contribution in [1.82, 2.24) is 4.98 Å². The number of fused-ring (bicyclic) bond motifs is 1. The largest absolute Gasteiger partial charge is 0.295 e. The van der Waals surface area contributed by atoms with Gasteiger partial charge in [0.25, 0.3) is 0 Å². The molecule has 0 saturated carbocycles. The van der Waals surface area contributed by atoms with Crippen LogP contribution in [-0.2, 0) is 0 Å². The molecule has 1 heterocycles. The zero-order chi connectivity index (χ0) is 13.2. The summed E-state index contributed by atoms with van der Waals surface area (Å²) in [5, 5.41) is 2.26. The summed E-state index contributed by atoms with van der Waals surface area (Å²) in [6, 6.07) is 15.9. The Morgan fingerprint density at radius 3 is 2.74 bits per heavy atom. The lowest BCUT2D eigenvalue weighted by atomic mass is 9.97. The molecule has 0 N–H and O–H groups in total. The first-order valence-electron chi connectivity index (χ1n) is 6.20. The number of nitrogens with zero attached hydrogens (tertiary/aromatic N) is 1. The van der Waals surface area contributed by atoms with Gasteiger partial charge in [0.05, 0.1) is 0 Å². The number of ketones is 1. The summed E-state index contributed by atoms with van der Waals surface area (Å²) in [5.74, 6) is 0.0868. The minimum Gasteiger partial charge on any atom is -0.295 e. The third-order valence-corrected chi connectivity index (χ3v) is 3.26. The molecule has 3 aromatic rings. The molecule has 0 saturated heterocycles. The Morgan fingerprint density at radius 1 is 1.05 bits per heavy atom. The van der Waals surface area contributed by atoms with Gasteiger partial charge in [0.2, 0.25) is 0 Å². The van der Waals surface area contributed by atoms with Gasteiger partial charge in [-0.05, 0) is 35.6 Å². The van der Waals surface area contributed by atoms with E-state index in [0.717, 1.165) is 27.5 Å². The van der Waals surface area contributed by atoms with E-state index < -0.39 is 0 Å². The fourth-order valence-corrected chi connectivity index (χ4v) is 2.28. The summed E-state index contributed by atoms with van der Waals surface area (Å²) in [4.78, 5) is 15.6. The van der Waals surface area contributed by atoms with E-state index in [1.807, 2.05) is 48.7 Å². The zero-order valence-corrected chi connectivity index (χ0v) is 10.6. The average molecular weight is 247 g/mol. The van der Waals surface area contributed by atoms with Crippen LogP contribution in [0.3, 0.4) is 0 Å². The lowest BCUT2D eigenvalue weighted by Crippen LogP contribution is -1.92. The van der Waals surface area contributed by atoms with Crippen LogP contribution in [0, 0.1) is 0 Å². The second-order valence-corrected chi connectivity index (χ2v) is 4.54. The number of Topliss-reactive ketones (excluding diaryl/α,β-unsaturated/α-hetero) is 1. The molecule has 0 atom stereocenters. The molecule has 0 unspecified atom stereocenters. The highest BCUT2D eigenvalue weighted by Gasteiger charge is 2.05. The molecule has 0 bridgehead atoms. The summed E-state index contributed by atoms with van der Waals surface area (Å²) in [6.45, 7) is 1.59. The van der Waals surface area contributed by atoms with Crippen LogP contribution in [0.4, 0.5) is 0 Å². The van der Waals surface area contributed by atoms with Crippen molar-refractivity contribution in [1.29, 1.82) is 0 Å². The predicted molar refractivity (Wildman–Crippen MR) is 77.2 cm³/mol. The van der Waals surface area contributed by atoms with Crippen molar-refractivity contribution in [3.05, 3.63) is 66.5 Å². The van der Waals surface area contributed by atoms with Crippen LogP contribution < -0.4 is 0 Å². The molecular formula is C17H13NO. The standard InChI is InChI=1S/C17H13NO/c1-12(19)13-4-2-5-14(10-13)16-7-3-6-15-11-18-9-8-17(15)16/h2-11H,1H3. The molecule has 0 aliphatic rings. The molecule has 0 spiro atoms. The minimum absolute atomic E-state index is 0.0868. The summed E-state index contributed by atoms with van der Waals surface area (Å²) >= 11 is 0. The number of rotatable bonds is 2. The highest BCUT2D eigenvalue weighted by Crippen LogP contribution is 2.28. The van der Waals surface area contributed by atoms with E-state index in [1.54, 1.807) is 13.1 Å². The van der Waals surface area contributed by atoms with E-state index in [1.165, 1.54) is 0 Å². The number of pyridine rings is 1. The summed E-state index contributed by atoms with van der Waals surface area (Å²) in [5.41, 5.74) is 2.93. The van der Waals surface area contributed by atoms with E-state index in [4.69, 9.17) is 0 Å². The van der Waals surface area contributed by atoms with Crippen LogP contribution in [0.5, 0.6) is 0 Å². The third-order valence-electron chi connectivity index (χ3n) is 3.26. The van der Waals surface area contributed by atoms with Crippen LogP contribution in [0.25, 0.3) is 21.9 Å². The predicted octanol–water partition coefficient (Wildman–Crippen LogP) is 4.10. The molecule has 0 aliphatic heterocycles. The van der Waals surface area contributed by atoms with E-state index in [-0.39, 0.29) is 5.78 Å². The molecule has 0 aliphatic carbocycles.